The molecule has 0 aliphatic carbocycles. The van der Waals surface area contributed by atoms with Crippen molar-refractivity contribution in [1.82, 2.24) is 10.1 Å². The minimum absolute atomic E-state index is 0.373. The van der Waals surface area contributed by atoms with E-state index in [1.54, 1.807) is 18.2 Å². The third-order valence-electron chi connectivity index (χ3n) is 3.02. The number of aryl methyl sites for hydroxylation is 1. The van der Waals surface area contributed by atoms with Gasteiger partial charge in [0, 0.05) is 24.2 Å². The number of halogens is 1. The summed E-state index contributed by atoms with van der Waals surface area (Å²) in [6.07, 6.45) is 0. The van der Waals surface area contributed by atoms with Gasteiger partial charge >= 0.3 is 5.97 Å². The van der Waals surface area contributed by atoms with Crippen LogP contribution in [0.4, 0.5) is 0 Å². The number of hydrogen-bond acceptors (Lipinski definition) is 5. The van der Waals surface area contributed by atoms with Crippen molar-refractivity contribution in [3.63, 3.8) is 0 Å². The molecule has 0 aliphatic heterocycles. The van der Waals surface area contributed by atoms with E-state index in [2.05, 4.69) is 5.16 Å². The monoisotopic (exact) mass is 308 g/mol. The largest absolute Gasteiger partial charge is 0.465 e. The lowest BCUT2D eigenvalue weighted by Crippen LogP contribution is -2.18. The Balaban J connectivity index is 2.09. The minimum atomic E-state index is -0.373. The molecule has 6 heteroatoms. The van der Waals surface area contributed by atoms with Gasteiger partial charge in [0.25, 0.3) is 0 Å². The molecule has 1 heterocycles. The molecule has 1 aromatic heterocycles. The molecule has 0 amide bonds. The summed E-state index contributed by atoms with van der Waals surface area (Å²) in [6.45, 7) is 3.08. The zero-order valence-corrected chi connectivity index (χ0v) is 13.0. The lowest BCUT2D eigenvalue weighted by molar-refractivity contribution is 0.0600. The molecule has 0 atom stereocenters. The van der Waals surface area contributed by atoms with Gasteiger partial charge in [-0.15, -0.1) is 0 Å². The molecule has 2 rings (SSSR count). The molecule has 0 fully saturated rings. The summed E-state index contributed by atoms with van der Waals surface area (Å²) in [5, 5.41) is 4.57. The minimum Gasteiger partial charge on any atom is -0.465 e. The lowest BCUT2D eigenvalue weighted by Gasteiger charge is -2.16. The molecular formula is C15H17ClN2O3. The number of benzene rings is 1. The van der Waals surface area contributed by atoms with Gasteiger partial charge in [-0.1, -0.05) is 16.8 Å². The fraction of sp³-hybridized carbons (Fsp3) is 0.333. The van der Waals surface area contributed by atoms with Crippen LogP contribution in [0.3, 0.4) is 0 Å². The van der Waals surface area contributed by atoms with Gasteiger partial charge in [-0.25, -0.2) is 4.79 Å². The predicted octanol–water partition coefficient (Wildman–Crippen LogP) is 3.06. The number of hydrogen-bond donors (Lipinski definition) is 0. The van der Waals surface area contributed by atoms with Crippen LogP contribution >= 0.6 is 11.6 Å². The Morgan fingerprint density at radius 2 is 2.14 bits per heavy atom. The average molecular weight is 309 g/mol. The van der Waals surface area contributed by atoms with Crippen molar-refractivity contribution in [3.8, 4) is 0 Å². The van der Waals surface area contributed by atoms with Crippen molar-refractivity contribution >= 4 is 17.6 Å². The molecule has 0 aliphatic rings. The summed E-state index contributed by atoms with van der Waals surface area (Å²) in [5.41, 5.74) is 2.21. The molecule has 0 unspecified atom stereocenters. The highest BCUT2D eigenvalue weighted by atomic mass is 35.5. The average Bonchev–Trinajstić information content (AvgIpc) is 2.85. The first kappa shape index (κ1) is 15.5. The van der Waals surface area contributed by atoms with Gasteiger partial charge < -0.3 is 9.26 Å². The predicted molar refractivity (Wildman–Crippen MR) is 79.2 cm³/mol. The molecule has 1 aromatic carbocycles. The normalized spacial score (nSPS) is 10.9. The van der Waals surface area contributed by atoms with E-state index in [0.29, 0.717) is 23.7 Å². The van der Waals surface area contributed by atoms with Crippen LogP contribution in [-0.2, 0) is 17.8 Å². The molecule has 0 N–H and O–H groups in total. The van der Waals surface area contributed by atoms with Gasteiger partial charge in [-0.3, -0.25) is 4.90 Å². The quantitative estimate of drug-likeness (QED) is 0.795. The highest BCUT2D eigenvalue weighted by molar-refractivity contribution is 6.31. The highest BCUT2D eigenvalue weighted by Crippen LogP contribution is 2.20. The number of esters is 1. The van der Waals surface area contributed by atoms with Crippen LogP contribution in [0.2, 0.25) is 5.02 Å². The van der Waals surface area contributed by atoms with Gasteiger partial charge in [0.1, 0.15) is 5.76 Å². The lowest BCUT2D eigenvalue weighted by atomic mass is 10.1. The second kappa shape index (κ2) is 6.74. The van der Waals surface area contributed by atoms with Gasteiger partial charge in [0.2, 0.25) is 0 Å². The van der Waals surface area contributed by atoms with Crippen molar-refractivity contribution < 1.29 is 14.1 Å². The molecule has 5 nitrogen and oxygen atoms in total. The summed E-state index contributed by atoms with van der Waals surface area (Å²) in [6, 6.07) is 7.00. The first-order valence-electron chi connectivity index (χ1n) is 6.47. The molecule has 0 saturated heterocycles. The summed E-state index contributed by atoms with van der Waals surface area (Å²) >= 11 is 6.18. The molecule has 0 saturated carbocycles. The fourth-order valence-electron chi connectivity index (χ4n) is 2.06. The summed E-state index contributed by atoms with van der Waals surface area (Å²) in [5.74, 6) is 0.409. The number of aromatic nitrogens is 1. The zero-order chi connectivity index (χ0) is 15.4. The molecule has 112 valence electrons. The van der Waals surface area contributed by atoms with E-state index in [1.165, 1.54) is 7.11 Å². The van der Waals surface area contributed by atoms with Crippen LogP contribution in [0, 0.1) is 6.92 Å². The fourth-order valence-corrected chi connectivity index (χ4v) is 2.23. The summed E-state index contributed by atoms with van der Waals surface area (Å²) in [4.78, 5) is 13.6. The van der Waals surface area contributed by atoms with E-state index in [9.17, 15) is 4.79 Å². The molecule has 0 spiro atoms. The van der Waals surface area contributed by atoms with E-state index < -0.39 is 0 Å². The van der Waals surface area contributed by atoms with Crippen LogP contribution in [0.1, 0.15) is 27.4 Å². The maximum atomic E-state index is 11.6. The van der Waals surface area contributed by atoms with E-state index in [1.807, 2.05) is 24.9 Å². The van der Waals surface area contributed by atoms with Gasteiger partial charge in [0.15, 0.2) is 0 Å². The van der Waals surface area contributed by atoms with Crippen molar-refractivity contribution in [2.24, 2.45) is 0 Å². The van der Waals surface area contributed by atoms with Gasteiger partial charge in [0.05, 0.1) is 18.4 Å². The Labute approximate surface area is 128 Å². The van der Waals surface area contributed by atoms with Crippen LogP contribution in [-0.4, -0.2) is 30.2 Å². The van der Waals surface area contributed by atoms with Crippen molar-refractivity contribution in [2.45, 2.75) is 20.0 Å². The number of carbonyl (C=O) groups is 1. The van der Waals surface area contributed by atoms with Crippen LogP contribution in [0.15, 0.2) is 28.8 Å². The first-order valence-corrected chi connectivity index (χ1v) is 6.85. The van der Waals surface area contributed by atoms with Gasteiger partial charge in [-0.2, -0.15) is 0 Å². The van der Waals surface area contributed by atoms with Crippen LogP contribution < -0.4 is 0 Å². The second-order valence-corrected chi connectivity index (χ2v) is 5.31. The Morgan fingerprint density at radius 1 is 1.38 bits per heavy atom. The number of ether oxygens (including phenoxy) is 1. The van der Waals surface area contributed by atoms with Crippen LogP contribution in [0.25, 0.3) is 0 Å². The Morgan fingerprint density at radius 3 is 2.76 bits per heavy atom. The Bertz CT molecular complexity index is 640. The van der Waals surface area contributed by atoms with Crippen LogP contribution in [0.5, 0.6) is 0 Å². The topological polar surface area (TPSA) is 55.6 Å². The van der Waals surface area contributed by atoms with E-state index >= 15 is 0 Å². The maximum Gasteiger partial charge on any atom is 0.337 e. The SMILES string of the molecule is COC(=O)c1ccc(Cl)c(CN(C)Cc2cc(C)on2)c1. The zero-order valence-electron chi connectivity index (χ0n) is 12.2. The Hall–Kier alpha value is -1.85. The smallest absolute Gasteiger partial charge is 0.337 e. The first-order chi connectivity index (χ1) is 9.99. The van der Waals surface area contributed by atoms with Gasteiger partial charge in [-0.05, 0) is 37.7 Å². The number of methoxy groups -OCH3 is 1. The van der Waals surface area contributed by atoms with Crippen molar-refractivity contribution in [2.75, 3.05) is 14.2 Å². The molecule has 0 radical (unpaired) electrons. The van der Waals surface area contributed by atoms with E-state index in [0.717, 1.165) is 17.0 Å². The third kappa shape index (κ3) is 4.06. The number of nitrogens with zero attached hydrogens (tertiary/aromatic N) is 2. The van der Waals surface area contributed by atoms with E-state index in [-0.39, 0.29) is 5.97 Å². The molecule has 21 heavy (non-hydrogen) atoms. The second-order valence-electron chi connectivity index (χ2n) is 4.90. The number of rotatable bonds is 5. The Kier molecular flexibility index (Phi) is 4.98. The number of carbonyl (C=O) groups excluding carboxylic acids is 1. The molecule has 2 aromatic rings. The molecular weight excluding hydrogens is 292 g/mol. The summed E-state index contributed by atoms with van der Waals surface area (Å²) < 4.78 is 9.76. The highest BCUT2D eigenvalue weighted by Gasteiger charge is 2.12. The third-order valence-corrected chi connectivity index (χ3v) is 3.38. The van der Waals surface area contributed by atoms with Crippen molar-refractivity contribution in [3.05, 3.63) is 51.9 Å². The maximum absolute atomic E-state index is 11.6. The summed E-state index contributed by atoms with van der Waals surface area (Å²) in [7, 11) is 3.31. The van der Waals surface area contributed by atoms with Crippen molar-refractivity contribution in [1.29, 1.82) is 0 Å². The standard InChI is InChI=1S/C15H17ClN2O3/c1-10-6-13(17-21-10)9-18(2)8-12-7-11(15(19)20-3)4-5-14(12)16/h4-7H,8-9H2,1-3H3. The molecule has 0 bridgehead atoms. The van der Waals surface area contributed by atoms with E-state index in [4.69, 9.17) is 20.9 Å².